The molecule has 0 heterocycles. The lowest BCUT2D eigenvalue weighted by molar-refractivity contribution is -0.146. The second-order valence-electron chi connectivity index (χ2n) is 8.05. The number of para-hydroxylation sites is 1. The number of benzene rings is 4. The predicted molar refractivity (Wildman–Crippen MR) is 148 cm³/mol. The third kappa shape index (κ3) is 8.53. The fourth-order valence-electron chi connectivity index (χ4n) is 3.23. The van der Waals surface area contributed by atoms with Gasteiger partial charge in [0.1, 0.15) is 24.7 Å². The van der Waals surface area contributed by atoms with Gasteiger partial charge in [0.25, 0.3) is 0 Å². The molecule has 0 saturated carbocycles. The van der Waals surface area contributed by atoms with Gasteiger partial charge in [0.05, 0.1) is 22.7 Å². The van der Waals surface area contributed by atoms with Gasteiger partial charge in [-0.15, -0.1) is 0 Å². The van der Waals surface area contributed by atoms with Crippen molar-refractivity contribution in [3.8, 4) is 11.5 Å². The molecule has 1 atom stereocenters. The summed E-state index contributed by atoms with van der Waals surface area (Å²) >= 11 is 0. The van der Waals surface area contributed by atoms with E-state index in [2.05, 4.69) is 27.7 Å². The van der Waals surface area contributed by atoms with Gasteiger partial charge in [-0.1, -0.05) is 43.0 Å². The van der Waals surface area contributed by atoms with Gasteiger partial charge in [0, 0.05) is 6.08 Å². The number of ether oxygens (including phenoxy) is 3. The summed E-state index contributed by atoms with van der Waals surface area (Å²) in [5.41, 5.74) is 9.53. The Bertz CT molecular complexity index is 1310. The Kier molecular flexibility index (Phi) is 9.46. The Balaban J connectivity index is 1.27. The van der Waals surface area contributed by atoms with Gasteiger partial charge >= 0.3 is 5.97 Å². The van der Waals surface area contributed by atoms with Crippen molar-refractivity contribution < 1.29 is 19.0 Å². The van der Waals surface area contributed by atoms with Crippen molar-refractivity contribution in [1.82, 2.24) is 0 Å². The molecule has 0 aliphatic rings. The molecule has 4 aromatic carbocycles. The molecule has 0 fully saturated rings. The average Bonchev–Trinajstić information content (AvgIpc) is 2.98. The van der Waals surface area contributed by atoms with E-state index in [-0.39, 0.29) is 13.2 Å². The second kappa shape index (κ2) is 13.8. The molecule has 1 unspecified atom stereocenters. The van der Waals surface area contributed by atoms with Crippen LogP contribution in [0.4, 0.5) is 22.7 Å². The maximum Gasteiger partial charge on any atom is 0.330 e. The molecular weight excluding hydrogens is 480 g/mol. The zero-order valence-corrected chi connectivity index (χ0v) is 20.7. The number of nitrogens with one attached hydrogen (secondary N) is 2. The zero-order valence-electron chi connectivity index (χ0n) is 20.7. The largest absolute Gasteiger partial charge is 0.490 e. The molecule has 0 radical (unpaired) electrons. The Morgan fingerprint density at radius 3 is 1.71 bits per heavy atom. The molecule has 0 saturated heterocycles. The monoisotopic (exact) mass is 508 g/mol. The molecule has 0 aliphatic heterocycles. The first-order valence-corrected chi connectivity index (χ1v) is 12.0. The quantitative estimate of drug-likeness (QED) is 0.0866. The number of carbonyl (C=O) groups is 1. The van der Waals surface area contributed by atoms with Crippen LogP contribution in [0.25, 0.3) is 0 Å². The number of rotatable bonds is 13. The van der Waals surface area contributed by atoms with E-state index in [1.54, 1.807) is 24.3 Å². The normalized spacial score (nSPS) is 11.4. The van der Waals surface area contributed by atoms with Gasteiger partial charge in [-0.05, 0) is 72.8 Å². The summed E-state index contributed by atoms with van der Waals surface area (Å²) in [4.78, 5) is 11.8. The van der Waals surface area contributed by atoms with Gasteiger partial charge in [0.15, 0.2) is 6.10 Å². The number of nitrogens with zero attached hydrogens (tertiary/aromatic N) is 2. The standard InChI is InChI=1S/C30H28N4O4/c1-2-30(35)38-29(21-36-27-17-13-25(14-18-27)33-31-23-9-5-3-6-10-23)22-37-28-19-15-26(16-20-28)34-32-24-11-7-4-8-12-24/h2-20,29,31,33H,1,21-22H2. The topological polar surface area (TPSA) is 93.5 Å². The van der Waals surface area contributed by atoms with Crippen LogP contribution < -0.4 is 20.3 Å². The van der Waals surface area contributed by atoms with Crippen LogP contribution in [-0.4, -0.2) is 25.3 Å². The number of azo groups is 1. The second-order valence-corrected chi connectivity index (χ2v) is 8.05. The summed E-state index contributed by atoms with van der Waals surface area (Å²) in [6.07, 6.45) is 0.468. The predicted octanol–water partition coefficient (Wildman–Crippen LogP) is 7.10. The van der Waals surface area contributed by atoms with Crippen molar-refractivity contribution in [1.29, 1.82) is 0 Å². The molecule has 192 valence electrons. The van der Waals surface area contributed by atoms with Crippen molar-refractivity contribution >= 4 is 28.7 Å². The first kappa shape index (κ1) is 26.0. The lowest BCUT2D eigenvalue weighted by Gasteiger charge is -2.19. The molecule has 0 spiro atoms. The number of esters is 1. The number of hydrogen-bond acceptors (Lipinski definition) is 8. The molecule has 0 aliphatic carbocycles. The Hall–Kier alpha value is -5.11. The SMILES string of the molecule is C=CC(=O)OC(COc1ccc(N=Nc2ccccc2)cc1)COc1ccc(NNc2ccccc2)cc1. The number of carbonyl (C=O) groups excluding carboxylic acids is 1. The van der Waals surface area contributed by atoms with Crippen molar-refractivity contribution in [2.75, 3.05) is 24.1 Å². The van der Waals surface area contributed by atoms with Gasteiger partial charge < -0.3 is 25.1 Å². The molecule has 2 N–H and O–H groups in total. The Morgan fingerprint density at radius 1 is 0.684 bits per heavy atom. The molecular formula is C30H28N4O4. The molecule has 0 amide bonds. The highest BCUT2D eigenvalue weighted by atomic mass is 16.6. The van der Waals surface area contributed by atoms with E-state index >= 15 is 0 Å². The summed E-state index contributed by atoms with van der Waals surface area (Å²) in [6, 6.07) is 33.8. The zero-order chi connectivity index (χ0) is 26.4. The van der Waals surface area contributed by atoms with Crippen molar-refractivity contribution in [3.05, 3.63) is 122 Å². The van der Waals surface area contributed by atoms with Crippen molar-refractivity contribution in [2.24, 2.45) is 10.2 Å². The van der Waals surface area contributed by atoms with E-state index in [9.17, 15) is 4.79 Å². The van der Waals surface area contributed by atoms with E-state index in [1.165, 1.54) is 0 Å². The van der Waals surface area contributed by atoms with Crippen molar-refractivity contribution in [2.45, 2.75) is 6.10 Å². The van der Waals surface area contributed by atoms with Gasteiger partial charge in [-0.2, -0.15) is 10.2 Å². The summed E-state index contributed by atoms with van der Waals surface area (Å²) < 4.78 is 17.1. The molecule has 0 bridgehead atoms. The van der Waals surface area contributed by atoms with E-state index in [4.69, 9.17) is 14.2 Å². The smallest absolute Gasteiger partial charge is 0.330 e. The number of anilines is 2. The summed E-state index contributed by atoms with van der Waals surface area (Å²) in [6.45, 7) is 3.67. The van der Waals surface area contributed by atoms with Crippen LogP contribution in [0.2, 0.25) is 0 Å². The minimum absolute atomic E-state index is 0.102. The van der Waals surface area contributed by atoms with Gasteiger partial charge in [-0.3, -0.25) is 0 Å². The van der Waals surface area contributed by atoms with Crippen LogP contribution in [0, 0.1) is 0 Å². The number of hydrazine groups is 1. The summed E-state index contributed by atoms with van der Waals surface area (Å²) in [5, 5.41) is 8.42. The lowest BCUT2D eigenvalue weighted by Crippen LogP contribution is -2.30. The Labute approximate surface area is 221 Å². The third-order valence-electron chi connectivity index (χ3n) is 5.17. The summed E-state index contributed by atoms with van der Waals surface area (Å²) in [7, 11) is 0. The third-order valence-corrected chi connectivity index (χ3v) is 5.17. The Morgan fingerprint density at radius 2 is 1.16 bits per heavy atom. The first-order valence-electron chi connectivity index (χ1n) is 12.0. The van der Waals surface area contributed by atoms with Gasteiger partial charge in [-0.25, -0.2) is 4.79 Å². The van der Waals surface area contributed by atoms with Crippen LogP contribution in [0.1, 0.15) is 0 Å². The molecule has 38 heavy (non-hydrogen) atoms. The van der Waals surface area contributed by atoms with Crippen molar-refractivity contribution in [3.63, 3.8) is 0 Å². The number of hydrogen-bond donors (Lipinski definition) is 2. The maximum atomic E-state index is 11.8. The molecule has 8 nitrogen and oxygen atoms in total. The molecule has 4 aromatic rings. The molecule has 8 heteroatoms. The summed E-state index contributed by atoms with van der Waals surface area (Å²) in [5.74, 6) is 0.679. The van der Waals surface area contributed by atoms with Crippen LogP contribution in [0.3, 0.4) is 0 Å². The fourth-order valence-corrected chi connectivity index (χ4v) is 3.23. The average molecular weight is 509 g/mol. The van der Waals surface area contributed by atoms with Crippen LogP contribution in [0.15, 0.2) is 132 Å². The van der Waals surface area contributed by atoms with E-state index in [1.807, 2.05) is 84.9 Å². The van der Waals surface area contributed by atoms with E-state index in [0.29, 0.717) is 17.2 Å². The lowest BCUT2D eigenvalue weighted by atomic mass is 10.3. The van der Waals surface area contributed by atoms with Gasteiger partial charge in [0.2, 0.25) is 0 Å². The highest BCUT2D eigenvalue weighted by molar-refractivity contribution is 5.81. The first-order chi connectivity index (χ1) is 18.7. The van der Waals surface area contributed by atoms with Crippen LogP contribution >= 0.6 is 0 Å². The highest BCUT2D eigenvalue weighted by Gasteiger charge is 2.15. The maximum absolute atomic E-state index is 11.8. The molecule has 0 aromatic heterocycles. The highest BCUT2D eigenvalue weighted by Crippen LogP contribution is 2.22. The fraction of sp³-hybridized carbons (Fsp3) is 0.100. The minimum atomic E-state index is -0.643. The van der Waals surface area contributed by atoms with Crippen LogP contribution in [-0.2, 0) is 9.53 Å². The molecule has 4 rings (SSSR count). The van der Waals surface area contributed by atoms with Crippen LogP contribution in [0.5, 0.6) is 11.5 Å². The minimum Gasteiger partial charge on any atom is -0.490 e. The van der Waals surface area contributed by atoms with E-state index < -0.39 is 12.1 Å². The van der Waals surface area contributed by atoms with E-state index in [0.717, 1.165) is 23.1 Å².